The molecule has 0 saturated carbocycles. The molecule has 4 rings (SSSR count). The predicted octanol–water partition coefficient (Wildman–Crippen LogP) is 2.50. The molecular weight excluding hydrogens is 368 g/mol. The summed E-state index contributed by atoms with van der Waals surface area (Å²) in [4.78, 5) is 33.0. The zero-order valence-electron chi connectivity index (χ0n) is 16.5. The Hall–Kier alpha value is -3.09. The second-order valence-corrected chi connectivity index (χ2v) is 7.40. The second-order valence-electron chi connectivity index (χ2n) is 7.40. The lowest BCUT2D eigenvalue weighted by Gasteiger charge is -2.29. The molecule has 1 fully saturated rings. The lowest BCUT2D eigenvalue weighted by Crippen LogP contribution is -2.41. The number of carbonyl (C=O) groups excluding carboxylic acids is 2. The van der Waals surface area contributed by atoms with Gasteiger partial charge in [0.1, 0.15) is 11.6 Å². The van der Waals surface area contributed by atoms with Gasteiger partial charge in [0.25, 0.3) is 5.91 Å². The van der Waals surface area contributed by atoms with Crippen molar-refractivity contribution in [2.75, 3.05) is 36.0 Å². The highest BCUT2D eigenvalue weighted by molar-refractivity contribution is 5.98. The van der Waals surface area contributed by atoms with Crippen molar-refractivity contribution in [1.29, 1.82) is 0 Å². The van der Waals surface area contributed by atoms with Gasteiger partial charge in [-0.15, -0.1) is 0 Å². The third kappa shape index (κ3) is 4.67. The number of benzene rings is 1. The lowest BCUT2D eigenvalue weighted by atomic mass is 10.1. The van der Waals surface area contributed by atoms with Gasteiger partial charge in [-0.2, -0.15) is 0 Å². The number of nitrogens with one attached hydrogen (secondary N) is 1. The molecule has 0 atom stereocenters. The molecule has 1 N–H and O–H groups in total. The summed E-state index contributed by atoms with van der Waals surface area (Å²) >= 11 is 0. The molecule has 0 aliphatic carbocycles. The number of pyridine rings is 1. The van der Waals surface area contributed by atoms with Crippen LogP contribution in [-0.2, 0) is 16.1 Å². The van der Waals surface area contributed by atoms with E-state index in [-0.39, 0.29) is 24.8 Å². The van der Waals surface area contributed by atoms with Crippen molar-refractivity contribution in [2.24, 2.45) is 0 Å². The van der Waals surface area contributed by atoms with Gasteiger partial charge in [0.05, 0.1) is 5.69 Å². The van der Waals surface area contributed by atoms with Crippen LogP contribution in [0.2, 0.25) is 0 Å². The monoisotopic (exact) mass is 394 g/mol. The molecule has 2 aromatic rings. The van der Waals surface area contributed by atoms with E-state index in [1.165, 1.54) is 19.3 Å². The molecule has 2 amide bonds. The van der Waals surface area contributed by atoms with E-state index in [1.807, 2.05) is 36.4 Å². The predicted molar refractivity (Wildman–Crippen MR) is 111 cm³/mol. The van der Waals surface area contributed by atoms with E-state index < -0.39 is 0 Å². The third-order valence-corrected chi connectivity index (χ3v) is 5.35. The Labute approximate surface area is 170 Å². The Morgan fingerprint density at radius 3 is 2.83 bits per heavy atom. The van der Waals surface area contributed by atoms with Gasteiger partial charge < -0.3 is 19.9 Å². The van der Waals surface area contributed by atoms with Gasteiger partial charge >= 0.3 is 0 Å². The van der Waals surface area contributed by atoms with Crippen LogP contribution in [-0.4, -0.2) is 43.0 Å². The summed E-state index contributed by atoms with van der Waals surface area (Å²) in [5.74, 6) is 1.44. The first-order valence-electron chi connectivity index (χ1n) is 10.2. The van der Waals surface area contributed by atoms with Crippen LogP contribution in [0.4, 0.5) is 11.5 Å². The zero-order chi connectivity index (χ0) is 20.1. The number of aromatic nitrogens is 1. The van der Waals surface area contributed by atoms with E-state index >= 15 is 0 Å². The summed E-state index contributed by atoms with van der Waals surface area (Å²) in [5.41, 5.74) is 1.75. The van der Waals surface area contributed by atoms with Crippen LogP contribution in [0.15, 0.2) is 42.6 Å². The van der Waals surface area contributed by atoms with E-state index in [0.29, 0.717) is 18.8 Å². The Balaban J connectivity index is 1.30. The van der Waals surface area contributed by atoms with Crippen LogP contribution in [0.25, 0.3) is 0 Å². The number of amides is 2. The number of para-hydroxylation sites is 2. The number of fused-ring (bicyclic) bond motifs is 1. The molecule has 1 aromatic carbocycles. The summed E-state index contributed by atoms with van der Waals surface area (Å²) in [6.07, 6.45) is 5.72. The van der Waals surface area contributed by atoms with Gasteiger partial charge in [-0.25, -0.2) is 4.98 Å². The average molecular weight is 394 g/mol. The number of rotatable bonds is 6. The van der Waals surface area contributed by atoms with Gasteiger partial charge in [0, 0.05) is 38.8 Å². The summed E-state index contributed by atoms with van der Waals surface area (Å²) in [6, 6.07) is 11.4. The second kappa shape index (κ2) is 8.94. The number of carbonyl (C=O) groups is 2. The maximum absolute atomic E-state index is 12.4. The molecule has 0 bridgehead atoms. The van der Waals surface area contributed by atoms with Crippen molar-refractivity contribution in [2.45, 2.75) is 32.2 Å². The molecule has 1 saturated heterocycles. The van der Waals surface area contributed by atoms with Crippen molar-refractivity contribution >= 4 is 23.3 Å². The van der Waals surface area contributed by atoms with Gasteiger partial charge in [0.15, 0.2) is 6.61 Å². The van der Waals surface area contributed by atoms with E-state index in [9.17, 15) is 9.59 Å². The summed E-state index contributed by atoms with van der Waals surface area (Å²) < 4.78 is 5.44. The van der Waals surface area contributed by atoms with Crippen LogP contribution in [0.1, 0.15) is 31.2 Å². The molecular formula is C22H26N4O3. The first-order chi connectivity index (χ1) is 14.2. The number of piperidine rings is 1. The van der Waals surface area contributed by atoms with Crippen LogP contribution in [0.3, 0.4) is 0 Å². The fourth-order valence-electron chi connectivity index (χ4n) is 3.77. The molecule has 2 aliphatic heterocycles. The van der Waals surface area contributed by atoms with Crippen LogP contribution >= 0.6 is 0 Å². The molecule has 1 aromatic heterocycles. The highest BCUT2D eigenvalue weighted by atomic mass is 16.5. The average Bonchev–Trinajstić information content (AvgIpc) is 2.78. The summed E-state index contributed by atoms with van der Waals surface area (Å²) in [6.45, 7) is 2.88. The maximum atomic E-state index is 12.4. The Morgan fingerprint density at radius 2 is 1.97 bits per heavy atom. The van der Waals surface area contributed by atoms with Crippen molar-refractivity contribution in [3.8, 4) is 5.75 Å². The van der Waals surface area contributed by atoms with Crippen molar-refractivity contribution in [3.63, 3.8) is 0 Å². The zero-order valence-corrected chi connectivity index (χ0v) is 16.5. The lowest BCUT2D eigenvalue weighted by molar-refractivity contribution is -0.122. The smallest absolute Gasteiger partial charge is 0.265 e. The fourth-order valence-corrected chi connectivity index (χ4v) is 3.77. The van der Waals surface area contributed by atoms with E-state index in [1.54, 1.807) is 11.1 Å². The normalized spacial score (nSPS) is 16.2. The van der Waals surface area contributed by atoms with E-state index in [4.69, 9.17) is 4.74 Å². The van der Waals surface area contributed by atoms with Crippen LogP contribution < -0.4 is 19.9 Å². The van der Waals surface area contributed by atoms with Crippen molar-refractivity contribution in [3.05, 3.63) is 48.2 Å². The first kappa shape index (κ1) is 19.2. The quantitative estimate of drug-likeness (QED) is 0.815. The standard InChI is InChI=1S/C22H26N4O3/c27-21(9-13-26-18-6-2-3-7-19(18)29-16-22(26)28)24-15-17-8-10-23-20(14-17)25-11-4-1-5-12-25/h2-3,6-8,10,14H,1,4-5,9,11-13,15-16H2,(H,24,27). The largest absolute Gasteiger partial charge is 0.482 e. The fraction of sp³-hybridized carbons (Fsp3) is 0.409. The molecule has 152 valence electrons. The highest BCUT2D eigenvalue weighted by Crippen LogP contribution is 2.31. The minimum Gasteiger partial charge on any atom is -0.482 e. The third-order valence-electron chi connectivity index (χ3n) is 5.35. The van der Waals surface area contributed by atoms with E-state index in [0.717, 1.165) is 30.2 Å². The molecule has 3 heterocycles. The summed E-state index contributed by atoms with van der Waals surface area (Å²) in [7, 11) is 0. The number of hydrogen-bond acceptors (Lipinski definition) is 5. The van der Waals surface area contributed by atoms with Crippen LogP contribution in [0, 0.1) is 0 Å². The Kier molecular flexibility index (Phi) is 5.93. The Bertz CT molecular complexity index is 880. The molecule has 0 spiro atoms. The molecule has 0 unspecified atom stereocenters. The summed E-state index contributed by atoms with van der Waals surface area (Å²) in [5, 5.41) is 2.95. The topological polar surface area (TPSA) is 74.8 Å². The first-order valence-corrected chi connectivity index (χ1v) is 10.2. The Morgan fingerprint density at radius 1 is 1.14 bits per heavy atom. The molecule has 29 heavy (non-hydrogen) atoms. The SMILES string of the molecule is O=C(CCN1C(=O)COc2ccccc21)NCc1ccnc(N2CCCCC2)c1. The van der Waals surface area contributed by atoms with Crippen LogP contribution in [0.5, 0.6) is 5.75 Å². The van der Waals surface area contributed by atoms with Gasteiger partial charge in [-0.05, 0) is 49.1 Å². The minimum absolute atomic E-state index is 0.00885. The molecule has 2 aliphatic rings. The molecule has 0 radical (unpaired) electrons. The maximum Gasteiger partial charge on any atom is 0.265 e. The van der Waals surface area contributed by atoms with Gasteiger partial charge in [-0.3, -0.25) is 9.59 Å². The minimum atomic E-state index is -0.128. The van der Waals surface area contributed by atoms with Gasteiger partial charge in [0.2, 0.25) is 5.91 Å². The number of hydrogen-bond donors (Lipinski definition) is 1. The molecule has 7 heteroatoms. The number of nitrogens with zero attached hydrogens (tertiary/aromatic N) is 3. The van der Waals surface area contributed by atoms with E-state index in [2.05, 4.69) is 15.2 Å². The van der Waals surface area contributed by atoms with Crippen molar-refractivity contribution in [1.82, 2.24) is 10.3 Å². The molecule has 7 nitrogen and oxygen atoms in total. The van der Waals surface area contributed by atoms with Crippen molar-refractivity contribution < 1.29 is 14.3 Å². The highest BCUT2D eigenvalue weighted by Gasteiger charge is 2.25. The number of ether oxygens (including phenoxy) is 1. The number of anilines is 2. The van der Waals surface area contributed by atoms with Gasteiger partial charge in [-0.1, -0.05) is 12.1 Å².